The van der Waals surface area contributed by atoms with Crippen LogP contribution in [-0.4, -0.2) is 18.2 Å². The SMILES string of the molecule is CC1(C)C[C@H](N)CCO1. The molecule has 1 atom stereocenters. The summed E-state index contributed by atoms with van der Waals surface area (Å²) in [6.45, 7) is 5.01. The molecule has 1 fully saturated rings. The second kappa shape index (κ2) is 2.27. The smallest absolute Gasteiger partial charge is 0.0641 e. The van der Waals surface area contributed by atoms with Crippen molar-refractivity contribution in [3.63, 3.8) is 0 Å². The second-order valence-electron chi connectivity index (χ2n) is 3.36. The summed E-state index contributed by atoms with van der Waals surface area (Å²) in [6.07, 6.45) is 2.01. The first-order chi connectivity index (χ1) is 4.10. The van der Waals surface area contributed by atoms with E-state index in [1.807, 2.05) is 0 Å². The van der Waals surface area contributed by atoms with Crippen molar-refractivity contribution in [1.29, 1.82) is 0 Å². The van der Waals surface area contributed by atoms with Crippen LogP contribution in [-0.2, 0) is 4.74 Å². The number of nitrogens with two attached hydrogens (primary N) is 1. The maximum absolute atomic E-state index is 5.73. The summed E-state index contributed by atoms with van der Waals surface area (Å²) in [4.78, 5) is 0. The minimum Gasteiger partial charge on any atom is -0.375 e. The fourth-order valence-corrected chi connectivity index (χ4v) is 1.28. The highest BCUT2D eigenvalue weighted by molar-refractivity contribution is 4.80. The average Bonchev–Trinajstić information content (AvgIpc) is 1.60. The Bertz CT molecular complexity index is 101. The van der Waals surface area contributed by atoms with E-state index < -0.39 is 0 Å². The van der Waals surface area contributed by atoms with Crippen LogP contribution in [0.5, 0.6) is 0 Å². The summed E-state index contributed by atoms with van der Waals surface area (Å²) in [7, 11) is 0. The van der Waals surface area contributed by atoms with Crippen LogP contribution in [0.4, 0.5) is 0 Å². The molecular formula is C7H15NO. The van der Waals surface area contributed by atoms with Crippen LogP contribution in [0.15, 0.2) is 0 Å². The molecule has 9 heavy (non-hydrogen) atoms. The minimum atomic E-state index is 0.0255. The third-order valence-corrected chi connectivity index (χ3v) is 1.74. The monoisotopic (exact) mass is 129 g/mol. The maximum Gasteiger partial charge on any atom is 0.0641 e. The third-order valence-electron chi connectivity index (χ3n) is 1.74. The van der Waals surface area contributed by atoms with E-state index in [2.05, 4.69) is 13.8 Å². The van der Waals surface area contributed by atoms with Gasteiger partial charge in [0.1, 0.15) is 0 Å². The summed E-state index contributed by atoms with van der Waals surface area (Å²) < 4.78 is 5.46. The van der Waals surface area contributed by atoms with Crippen molar-refractivity contribution >= 4 is 0 Å². The van der Waals surface area contributed by atoms with Crippen LogP contribution in [0.3, 0.4) is 0 Å². The number of rotatable bonds is 0. The molecule has 0 saturated carbocycles. The van der Waals surface area contributed by atoms with Crippen LogP contribution in [0.1, 0.15) is 26.7 Å². The van der Waals surface area contributed by atoms with Gasteiger partial charge < -0.3 is 10.5 Å². The standard InChI is InChI=1S/C7H15NO/c1-7(2)5-6(8)3-4-9-7/h6H,3-5,8H2,1-2H3/t6-/m1/s1. The molecule has 0 aromatic carbocycles. The third kappa shape index (κ3) is 1.95. The lowest BCUT2D eigenvalue weighted by molar-refractivity contribution is -0.0578. The predicted molar refractivity (Wildman–Crippen MR) is 37.2 cm³/mol. The molecule has 2 nitrogen and oxygen atoms in total. The van der Waals surface area contributed by atoms with Crippen molar-refractivity contribution in [2.45, 2.75) is 38.3 Å². The van der Waals surface area contributed by atoms with E-state index in [0.29, 0.717) is 6.04 Å². The zero-order valence-corrected chi connectivity index (χ0v) is 6.18. The van der Waals surface area contributed by atoms with Crippen molar-refractivity contribution in [2.75, 3.05) is 6.61 Å². The van der Waals surface area contributed by atoms with Gasteiger partial charge in [0, 0.05) is 12.6 Å². The van der Waals surface area contributed by atoms with Gasteiger partial charge in [-0.25, -0.2) is 0 Å². The van der Waals surface area contributed by atoms with Gasteiger partial charge in [-0.2, -0.15) is 0 Å². The Hall–Kier alpha value is -0.0800. The van der Waals surface area contributed by atoms with Gasteiger partial charge in [-0.3, -0.25) is 0 Å². The van der Waals surface area contributed by atoms with Crippen LogP contribution in [0, 0.1) is 0 Å². The normalized spacial score (nSPS) is 34.3. The maximum atomic E-state index is 5.73. The number of hydrogen-bond acceptors (Lipinski definition) is 2. The summed E-state index contributed by atoms with van der Waals surface area (Å²) in [5.74, 6) is 0. The Morgan fingerprint density at radius 1 is 1.56 bits per heavy atom. The molecule has 0 radical (unpaired) electrons. The van der Waals surface area contributed by atoms with E-state index in [1.165, 1.54) is 0 Å². The molecule has 1 aliphatic rings. The van der Waals surface area contributed by atoms with Crippen LogP contribution in [0.25, 0.3) is 0 Å². The van der Waals surface area contributed by atoms with Crippen molar-refractivity contribution in [3.05, 3.63) is 0 Å². The van der Waals surface area contributed by atoms with Gasteiger partial charge in [0.25, 0.3) is 0 Å². The summed E-state index contributed by atoms with van der Waals surface area (Å²) in [5, 5.41) is 0. The Morgan fingerprint density at radius 3 is 2.56 bits per heavy atom. The lowest BCUT2D eigenvalue weighted by atomic mass is 9.95. The predicted octanol–water partition coefficient (Wildman–Crippen LogP) is 0.903. The molecule has 2 N–H and O–H groups in total. The van der Waals surface area contributed by atoms with Gasteiger partial charge in [-0.05, 0) is 26.7 Å². The molecule has 0 aromatic heterocycles. The minimum absolute atomic E-state index is 0.0255. The number of ether oxygens (including phenoxy) is 1. The topological polar surface area (TPSA) is 35.2 Å². The summed E-state index contributed by atoms with van der Waals surface area (Å²) in [6, 6.07) is 0.355. The molecule has 0 bridgehead atoms. The zero-order valence-electron chi connectivity index (χ0n) is 6.18. The second-order valence-corrected chi connectivity index (χ2v) is 3.36. The van der Waals surface area contributed by atoms with E-state index in [9.17, 15) is 0 Å². The van der Waals surface area contributed by atoms with Crippen molar-refractivity contribution in [3.8, 4) is 0 Å². The molecule has 1 aliphatic heterocycles. The molecular weight excluding hydrogens is 114 g/mol. The molecule has 1 rings (SSSR count). The molecule has 0 aliphatic carbocycles. The van der Waals surface area contributed by atoms with Gasteiger partial charge in [0.15, 0.2) is 0 Å². The molecule has 0 spiro atoms. The van der Waals surface area contributed by atoms with Crippen LogP contribution >= 0.6 is 0 Å². The van der Waals surface area contributed by atoms with E-state index in [-0.39, 0.29) is 5.60 Å². The largest absolute Gasteiger partial charge is 0.375 e. The highest BCUT2D eigenvalue weighted by Gasteiger charge is 2.26. The Morgan fingerprint density at radius 2 is 2.22 bits per heavy atom. The molecule has 1 saturated heterocycles. The van der Waals surface area contributed by atoms with E-state index in [1.54, 1.807) is 0 Å². The Balaban J connectivity index is 2.41. The van der Waals surface area contributed by atoms with Crippen molar-refractivity contribution in [2.24, 2.45) is 5.73 Å². The highest BCUT2D eigenvalue weighted by atomic mass is 16.5. The fraction of sp³-hybridized carbons (Fsp3) is 1.00. The van der Waals surface area contributed by atoms with E-state index in [0.717, 1.165) is 19.4 Å². The van der Waals surface area contributed by atoms with Crippen LogP contribution in [0.2, 0.25) is 0 Å². The molecule has 54 valence electrons. The molecule has 0 aromatic rings. The average molecular weight is 129 g/mol. The first kappa shape index (κ1) is 7.03. The molecule has 0 amide bonds. The van der Waals surface area contributed by atoms with Gasteiger partial charge >= 0.3 is 0 Å². The van der Waals surface area contributed by atoms with Gasteiger partial charge in [-0.15, -0.1) is 0 Å². The molecule has 1 heterocycles. The van der Waals surface area contributed by atoms with Crippen molar-refractivity contribution < 1.29 is 4.74 Å². The quantitative estimate of drug-likeness (QED) is 0.527. The van der Waals surface area contributed by atoms with Gasteiger partial charge in [0.2, 0.25) is 0 Å². The van der Waals surface area contributed by atoms with Crippen LogP contribution < -0.4 is 5.73 Å². The van der Waals surface area contributed by atoms with E-state index in [4.69, 9.17) is 10.5 Å². The summed E-state index contributed by atoms with van der Waals surface area (Å²) in [5.41, 5.74) is 5.76. The summed E-state index contributed by atoms with van der Waals surface area (Å²) >= 11 is 0. The lowest BCUT2D eigenvalue weighted by Gasteiger charge is -2.33. The lowest BCUT2D eigenvalue weighted by Crippen LogP contribution is -2.40. The molecule has 2 heteroatoms. The Kier molecular flexibility index (Phi) is 1.78. The first-order valence-electron chi connectivity index (χ1n) is 3.50. The molecule has 0 unspecified atom stereocenters. The van der Waals surface area contributed by atoms with Gasteiger partial charge in [-0.1, -0.05) is 0 Å². The number of hydrogen-bond donors (Lipinski definition) is 1. The zero-order chi connectivity index (χ0) is 6.91. The van der Waals surface area contributed by atoms with E-state index >= 15 is 0 Å². The first-order valence-corrected chi connectivity index (χ1v) is 3.50. The van der Waals surface area contributed by atoms with Gasteiger partial charge in [0.05, 0.1) is 5.60 Å². The fourth-order valence-electron chi connectivity index (χ4n) is 1.28. The van der Waals surface area contributed by atoms with Crippen molar-refractivity contribution in [1.82, 2.24) is 0 Å². The Labute approximate surface area is 56.4 Å². The highest BCUT2D eigenvalue weighted by Crippen LogP contribution is 2.22.